The minimum atomic E-state index is 0.0405. The number of methoxy groups -OCH3 is 1. The van der Waals surface area contributed by atoms with Crippen molar-refractivity contribution in [1.29, 1.82) is 0 Å². The van der Waals surface area contributed by atoms with Gasteiger partial charge >= 0.3 is 0 Å². The molecule has 152 valence electrons. The molecule has 0 N–H and O–H groups in total. The Labute approximate surface area is 182 Å². The first-order valence-electron chi connectivity index (χ1n) is 9.74. The maximum atomic E-state index is 12.6. The Morgan fingerprint density at radius 1 is 0.935 bits per heavy atom. The number of nitrogens with zero attached hydrogens (tertiary/aromatic N) is 4. The molecular formula is C24H18N4O2S. The molecule has 7 heteroatoms. The number of hydrogen-bond donors (Lipinski definition) is 0. The second-order valence-electron chi connectivity index (χ2n) is 6.86. The highest BCUT2D eigenvalue weighted by Gasteiger charge is 2.18. The van der Waals surface area contributed by atoms with Crippen molar-refractivity contribution in [2.75, 3.05) is 12.9 Å². The maximum absolute atomic E-state index is 12.6. The van der Waals surface area contributed by atoms with Gasteiger partial charge in [-0.2, -0.15) is 4.52 Å². The first-order valence-corrected chi connectivity index (χ1v) is 10.7. The average Bonchev–Trinajstić information content (AvgIpc) is 3.28. The fraction of sp³-hybridized carbons (Fsp3) is 0.0833. The molecule has 3 aromatic carbocycles. The molecule has 0 amide bonds. The van der Waals surface area contributed by atoms with Crippen molar-refractivity contribution >= 4 is 34.1 Å². The molecule has 0 aliphatic heterocycles. The quantitative estimate of drug-likeness (QED) is 0.218. The highest BCUT2D eigenvalue weighted by molar-refractivity contribution is 7.99. The van der Waals surface area contributed by atoms with Crippen LogP contribution in [0.15, 0.2) is 84.0 Å². The van der Waals surface area contributed by atoms with Gasteiger partial charge in [-0.05, 0) is 24.3 Å². The SMILES string of the molecule is COc1ccccc1-c1nc2c3ccccc3nc(SCC(=O)c3ccccc3)n2n1. The maximum Gasteiger partial charge on any atom is 0.192 e. The number of para-hydroxylation sites is 2. The lowest BCUT2D eigenvalue weighted by Crippen LogP contribution is -2.05. The third-order valence-electron chi connectivity index (χ3n) is 4.93. The minimum Gasteiger partial charge on any atom is -0.496 e. The van der Waals surface area contributed by atoms with E-state index in [0.29, 0.717) is 27.9 Å². The number of thioether (sulfide) groups is 1. The van der Waals surface area contributed by atoms with Crippen molar-refractivity contribution in [2.24, 2.45) is 0 Å². The van der Waals surface area contributed by atoms with E-state index in [9.17, 15) is 4.79 Å². The van der Waals surface area contributed by atoms with Gasteiger partial charge in [-0.1, -0.05) is 66.4 Å². The van der Waals surface area contributed by atoms with E-state index in [0.717, 1.165) is 16.5 Å². The highest BCUT2D eigenvalue weighted by atomic mass is 32.2. The van der Waals surface area contributed by atoms with Crippen LogP contribution in [0.25, 0.3) is 27.9 Å². The topological polar surface area (TPSA) is 69.4 Å². The molecule has 6 nitrogen and oxygen atoms in total. The van der Waals surface area contributed by atoms with E-state index in [2.05, 4.69) is 0 Å². The Morgan fingerprint density at radius 3 is 2.52 bits per heavy atom. The molecule has 0 saturated carbocycles. The zero-order valence-electron chi connectivity index (χ0n) is 16.7. The molecule has 31 heavy (non-hydrogen) atoms. The van der Waals surface area contributed by atoms with Crippen LogP contribution in [0.1, 0.15) is 10.4 Å². The van der Waals surface area contributed by atoms with Crippen LogP contribution in [-0.2, 0) is 0 Å². The predicted octanol–water partition coefficient (Wildman–Crippen LogP) is 4.93. The molecular weight excluding hydrogens is 408 g/mol. The van der Waals surface area contributed by atoms with E-state index in [1.165, 1.54) is 11.8 Å². The summed E-state index contributed by atoms with van der Waals surface area (Å²) in [7, 11) is 1.63. The molecule has 0 spiro atoms. The standard InChI is InChI=1S/C24H18N4O2S/c1-30-21-14-8-6-12-18(21)22-26-23-17-11-5-7-13-19(17)25-24(28(23)27-22)31-15-20(29)16-9-3-2-4-10-16/h2-14H,15H2,1H3. The van der Waals surface area contributed by atoms with Crippen LogP contribution in [0, 0.1) is 0 Å². The van der Waals surface area contributed by atoms with Gasteiger partial charge in [0, 0.05) is 10.9 Å². The summed E-state index contributed by atoms with van der Waals surface area (Å²) in [5.41, 5.74) is 2.99. The van der Waals surface area contributed by atoms with Crippen molar-refractivity contribution < 1.29 is 9.53 Å². The summed E-state index contributed by atoms with van der Waals surface area (Å²) in [6, 6.07) is 24.7. The number of carbonyl (C=O) groups is 1. The second-order valence-corrected chi connectivity index (χ2v) is 7.80. The summed E-state index contributed by atoms with van der Waals surface area (Å²) in [6.07, 6.45) is 0. The van der Waals surface area contributed by atoms with Crippen LogP contribution in [0.5, 0.6) is 5.75 Å². The van der Waals surface area contributed by atoms with E-state index in [-0.39, 0.29) is 11.5 Å². The third kappa shape index (κ3) is 3.64. The Hall–Kier alpha value is -3.71. The summed E-state index contributed by atoms with van der Waals surface area (Å²) < 4.78 is 7.20. The van der Waals surface area contributed by atoms with Gasteiger partial charge in [-0.25, -0.2) is 9.97 Å². The predicted molar refractivity (Wildman–Crippen MR) is 122 cm³/mol. The number of ketones is 1. The van der Waals surface area contributed by atoms with Crippen molar-refractivity contribution in [3.63, 3.8) is 0 Å². The molecule has 5 rings (SSSR count). The summed E-state index contributed by atoms with van der Waals surface area (Å²) in [5, 5.41) is 6.24. The van der Waals surface area contributed by atoms with Crippen molar-refractivity contribution in [2.45, 2.75) is 5.16 Å². The lowest BCUT2D eigenvalue weighted by molar-refractivity contribution is 0.102. The van der Waals surface area contributed by atoms with Gasteiger partial charge in [-0.15, -0.1) is 5.10 Å². The van der Waals surface area contributed by atoms with Gasteiger partial charge in [0.25, 0.3) is 0 Å². The first kappa shape index (κ1) is 19.3. The molecule has 2 heterocycles. The zero-order chi connectivity index (χ0) is 21.2. The normalized spacial score (nSPS) is 11.1. The lowest BCUT2D eigenvalue weighted by atomic mass is 10.2. The average molecular weight is 427 g/mol. The molecule has 0 aliphatic carbocycles. The molecule has 0 bridgehead atoms. The second kappa shape index (κ2) is 8.20. The number of aromatic nitrogens is 4. The molecule has 5 aromatic rings. The van der Waals surface area contributed by atoms with Crippen LogP contribution in [-0.4, -0.2) is 38.2 Å². The van der Waals surface area contributed by atoms with Crippen LogP contribution in [0.2, 0.25) is 0 Å². The Balaban J connectivity index is 1.60. The van der Waals surface area contributed by atoms with E-state index in [4.69, 9.17) is 19.8 Å². The van der Waals surface area contributed by atoms with Gasteiger partial charge in [0.05, 0.1) is 23.9 Å². The van der Waals surface area contributed by atoms with E-state index in [1.807, 2.05) is 78.9 Å². The number of benzene rings is 3. The van der Waals surface area contributed by atoms with Crippen molar-refractivity contribution in [3.8, 4) is 17.1 Å². The largest absolute Gasteiger partial charge is 0.496 e. The number of hydrogen-bond acceptors (Lipinski definition) is 6. The third-order valence-corrected chi connectivity index (χ3v) is 5.85. The van der Waals surface area contributed by atoms with Gasteiger partial charge in [0.2, 0.25) is 0 Å². The van der Waals surface area contributed by atoms with E-state index in [1.54, 1.807) is 11.6 Å². The number of carbonyl (C=O) groups excluding carboxylic acids is 1. The monoisotopic (exact) mass is 426 g/mol. The van der Waals surface area contributed by atoms with E-state index >= 15 is 0 Å². The fourth-order valence-corrected chi connectivity index (χ4v) is 4.24. The highest BCUT2D eigenvalue weighted by Crippen LogP contribution is 2.30. The number of fused-ring (bicyclic) bond motifs is 3. The van der Waals surface area contributed by atoms with Crippen LogP contribution in [0.4, 0.5) is 0 Å². The fourth-order valence-electron chi connectivity index (χ4n) is 3.40. The number of Topliss-reactive ketones (excluding diaryl/α,β-unsaturated/α-hetero) is 1. The number of ether oxygens (including phenoxy) is 1. The molecule has 2 aromatic heterocycles. The summed E-state index contributed by atoms with van der Waals surface area (Å²) >= 11 is 1.35. The Kier molecular flexibility index (Phi) is 5.09. The number of rotatable bonds is 6. The van der Waals surface area contributed by atoms with Gasteiger partial charge < -0.3 is 4.74 Å². The van der Waals surface area contributed by atoms with Crippen LogP contribution < -0.4 is 4.74 Å². The van der Waals surface area contributed by atoms with Gasteiger partial charge in [-0.3, -0.25) is 4.79 Å². The molecule has 0 saturated heterocycles. The molecule has 0 atom stereocenters. The molecule has 0 fully saturated rings. The molecule has 0 unspecified atom stereocenters. The van der Waals surface area contributed by atoms with Crippen LogP contribution >= 0.6 is 11.8 Å². The van der Waals surface area contributed by atoms with E-state index < -0.39 is 0 Å². The Morgan fingerprint density at radius 2 is 1.68 bits per heavy atom. The summed E-state index contributed by atoms with van der Waals surface area (Å²) in [6.45, 7) is 0. The van der Waals surface area contributed by atoms with Gasteiger partial charge in [0.15, 0.2) is 22.4 Å². The van der Waals surface area contributed by atoms with Crippen LogP contribution in [0.3, 0.4) is 0 Å². The molecule has 0 radical (unpaired) electrons. The van der Waals surface area contributed by atoms with Crippen molar-refractivity contribution in [3.05, 3.63) is 84.4 Å². The molecule has 0 aliphatic rings. The zero-order valence-corrected chi connectivity index (χ0v) is 17.5. The Bertz CT molecular complexity index is 1400. The summed E-state index contributed by atoms with van der Waals surface area (Å²) in [4.78, 5) is 22.2. The van der Waals surface area contributed by atoms with Gasteiger partial charge in [0.1, 0.15) is 5.75 Å². The first-order chi connectivity index (χ1) is 15.2. The summed E-state index contributed by atoms with van der Waals surface area (Å²) in [5.74, 6) is 1.55. The minimum absolute atomic E-state index is 0.0405. The smallest absolute Gasteiger partial charge is 0.192 e. The van der Waals surface area contributed by atoms with Crippen molar-refractivity contribution in [1.82, 2.24) is 19.6 Å². The lowest BCUT2D eigenvalue weighted by Gasteiger charge is -2.06.